The molecule has 0 amide bonds. The summed E-state index contributed by atoms with van der Waals surface area (Å²) in [6, 6.07) is 0.307. The normalized spacial score (nSPS) is 22.2. The molecule has 1 aromatic heterocycles. The van der Waals surface area contributed by atoms with Gasteiger partial charge in [0.1, 0.15) is 12.0 Å². The quantitative estimate of drug-likeness (QED) is 0.832. The number of rotatable bonds is 4. The molecule has 2 heterocycles. The average molecular weight is 285 g/mol. The molecule has 1 saturated heterocycles. The highest BCUT2D eigenvalue weighted by Crippen LogP contribution is 2.33. The Balaban J connectivity index is 2.09. The molecule has 1 aliphatic heterocycles. The maximum atomic E-state index is 5.96. The Kier molecular flexibility index (Phi) is 4.47. The zero-order valence-electron chi connectivity index (χ0n) is 11.4. The molecule has 0 spiro atoms. The first-order chi connectivity index (χ1) is 9.10. The number of hydrogen-bond donors (Lipinski definition) is 2. The van der Waals surface area contributed by atoms with Crippen LogP contribution in [0.2, 0.25) is 5.15 Å². The van der Waals surface area contributed by atoms with Crippen LogP contribution in [0.1, 0.15) is 39.5 Å². The number of aromatic nitrogens is 2. The van der Waals surface area contributed by atoms with Crippen molar-refractivity contribution in [1.29, 1.82) is 0 Å². The molecule has 0 aromatic carbocycles. The SMILES string of the molecule is CCC1(CC)CC(Nc2ncnc(Cl)c2N)CCO1. The molecule has 106 valence electrons. The van der Waals surface area contributed by atoms with Gasteiger partial charge in [-0.25, -0.2) is 9.97 Å². The van der Waals surface area contributed by atoms with Crippen LogP contribution in [0.15, 0.2) is 6.33 Å². The van der Waals surface area contributed by atoms with Crippen molar-refractivity contribution in [3.63, 3.8) is 0 Å². The van der Waals surface area contributed by atoms with Crippen LogP contribution in [0, 0.1) is 0 Å². The predicted molar refractivity (Wildman–Crippen MR) is 77.4 cm³/mol. The summed E-state index contributed by atoms with van der Waals surface area (Å²) in [6.07, 6.45) is 5.36. The van der Waals surface area contributed by atoms with Gasteiger partial charge in [0.05, 0.1) is 5.60 Å². The minimum Gasteiger partial charge on any atom is -0.393 e. The molecule has 1 unspecified atom stereocenters. The van der Waals surface area contributed by atoms with Crippen molar-refractivity contribution in [1.82, 2.24) is 9.97 Å². The van der Waals surface area contributed by atoms with Crippen molar-refractivity contribution in [3.05, 3.63) is 11.5 Å². The lowest BCUT2D eigenvalue weighted by atomic mass is 9.86. The number of ether oxygens (including phenoxy) is 1. The van der Waals surface area contributed by atoms with Gasteiger partial charge in [-0.3, -0.25) is 0 Å². The van der Waals surface area contributed by atoms with E-state index in [9.17, 15) is 0 Å². The summed E-state index contributed by atoms with van der Waals surface area (Å²) in [6.45, 7) is 5.10. The Morgan fingerprint density at radius 2 is 2.21 bits per heavy atom. The highest BCUT2D eigenvalue weighted by Gasteiger charge is 2.34. The van der Waals surface area contributed by atoms with Gasteiger partial charge in [0.15, 0.2) is 11.0 Å². The fourth-order valence-electron chi connectivity index (χ4n) is 2.58. The summed E-state index contributed by atoms with van der Waals surface area (Å²) in [7, 11) is 0. The molecule has 1 fully saturated rings. The predicted octanol–water partition coefficient (Wildman–Crippen LogP) is 2.86. The Morgan fingerprint density at radius 1 is 1.47 bits per heavy atom. The highest BCUT2D eigenvalue weighted by molar-refractivity contribution is 6.32. The van der Waals surface area contributed by atoms with Crippen molar-refractivity contribution >= 4 is 23.1 Å². The smallest absolute Gasteiger partial charge is 0.157 e. The van der Waals surface area contributed by atoms with Crippen LogP contribution in [0.25, 0.3) is 0 Å². The molecule has 0 bridgehead atoms. The van der Waals surface area contributed by atoms with Crippen molar-refractivity contribution in [2.24, 2.45) is 0 Å². The highest BCUT2D eigenvalue weighted by atomic mass is 35.5. The van der Waals surface area contributed by atoms with Gasteiger partial charge in [0.25, 0.3) is 0 Å². The second-order valence-corrected chi connectivity index (χ2v) is 5.36. The summed E-state index contributed by atoms with van der Waals surface area (Å²) in [5, 5.41) is 3.67. The minimum absolute atomic E-state index is 0.0263. The van der Waals surface area contributed by atoms with Gasteiger partial charge in [0.2, 0.25) is 0 Å². The van der Waals surface area contributed by atoms with Crippen LogP contribution in [0.3, 0.4) is 0 Å². The van der Waals surface area contributed by atoms with E-state index in [0.29, 0.717) is 22.7 Å². The lowest BCUT2D eigenvalue weighted by Gasteiger charge is -2.40. The summed E-state index contributed by atoms with van der Waals surface area (Å²) < 4.78 is 5.96. The van der Waals surface area contributed by atoms with Crippen molar-refractivity contribution in [3.8, 4) is 0 Å². The van der Waals surface area contributed by atoms with Gasteiger partial charge < -0.3 is 15.8 Å². The maximum Gasteiger partial charge on any atom is 0.157 e. The Hall–Kier alpha value is -1.07. The molecular weight excluding hydrogens is 264 g/mol. The molecule has 1 atom stereocenters. The number of nitrogens with one attached hydrogen (secondary N) is 1. The van der Waals surface area contributed by atoms with Gasteiger partial charge in [-0.1, -0.05) is 25.4 Å². The summed E-state index contributed by atoms with van der Waals surface area (Å²) >= 11 is 5.90. The number of nitrogens with zero attached hydrogens (tertiary/aromatic N) is 2. The van der Waals surface area contributed by atoms with E-state index >= 15 is 0 Å². The van der Waals surface area contributed by atoms with E-state index in [2.05, 4.69) is 29.1 Å². The fraction of sp³-hybridized carbons (Fsp3) is 0.692. The lowest BCUT2D eigenvalue weighted by Crippen LogP contribution is -2.43. The average Bonchev–Trinajstić information content (AvgIpc) is 2.44. The van der Waals surface area contributed by atoms with Crippen LogP contribution >= 0.6 is 11.6 Å². The first-order valence-corrected chi connectivity index (χ1v) is 7.14. The van der Waals surface area contributed by atoms with Crippen LogP contribution in [0.4, 0.5) is 11.5 Å². The minimum atomic E-state index is -0.0263. The van der Waals surface area contributed by atoms with E-state index < -0.39 is 0 Å². The van der Waals surface area contributed by atoms with Crippen LogP contribution in [-0.4, -0.2) is 28.2 Å². The van der Waals surface area contributed by atoms with E-state index in [1.807, 2.05) is 0 Å². The van der Waals surface area contributed by atoms with Crippen molar-refractivity contribution in [2.75, 3.05) is 17.7 Å². The number of nitrogens with two attached hydrogens (primary N) is 1. The van der Waals surface area contributed by atoms with Gasteiger partial charge in [-0.15, -0.1) is 0 Å². The zero-order chi connectivity index (χ0) is 13.9. The van der Waals surface area contributed by atoms with E-state index in [0.717, 1.165) is 32.3 Å². The summed E-state index contributed by atoms with van der Waals surface area (Å²) in [5.74, 6) is 0.619. The molecule has 6 heteroatoms. The van der Waals surface area contributed by atoms with Crippen LogP contribution < -0.4 is 11.1 Å². The van der Waals surface area contributed by atoms with Gasteiger partial charge in [-0.05, 0) is 25.7 Å². The summed E-state index contributed by atoms with van der Waals surface area (Å²) in [5.41, 5.74) is 6.27. The topological polar surface area (TPSA) is 73.1 Å². The molecule has 5 nitrogen and oxygen atoms in total. The zero-order valence-corrected chi connectivity index (χ0v) is 12.2. The third-order valence-electron chi connectivity index (χ3n) is 3.96. The number of nitrogen functional groups attached to an aromatic ring is 1. The van der Waals surface area contributed by atoms with Gasteiger partial charge in [0, 0.05) is 12.6 Å². The lowest BCUT2D eigenvalue weighted by molar-refractivity contribution is -0.0864. The van der Waals surface area contributed by atoms with Crippen molar-refractivity contribution < 1.29 is 4.74 Å². The number of hydrogen-bond acceptors (Lipinski definition) is 5. The van der Waals surface area contributed by atoms with E-state index in [1.54, 1.807) is 0 Å². The monoisotopic (exact) mass is 284 g/mol. The number of anilines is 2. The van der Waals surface area contributed by atoms with Crippen LogP contribution in [-0.2, 0) is 4.74 Å². The Labute approximate surface area is 118 Å². The molecule has 19 heavy (non-hydrogen) atoms. The standard InChI is InChI=1S/C13H21ClN4O/c1-3-13(4-2)7-9(5-6-19-13)18-12-10(15)11(14)16-8-17-12/h8-9H,3-7,15H2,1-2H3,(H,16,17,18). The van der Waals surface area contributed by atoms with Gasteiger partial charge >= 0.3 is 0 Å². The molecule has 3 N–H and O–H groups in total. The third kappa shape index (κ3) is 3.09. The fourth-order valence-corrected chi connectivity index (χ4v) is 2.71. The van der Waals surface area contributed by atoms with E-state index in [4.69, 9.17) is 22.1 Å². The molecular formula is C13H21ClN4O. The first kappa shape index (κ1) is 14.3. The molecule has 0 saturated carbocycles. The largest absolute Gasteiger partial charge is 0.393 e. The molecule has 0 aliphatic carbocycles. The second kappa shape index (κ2) is 5.92. The van der Waals surface area contributed by atoms with Crippen molar-refractivity contribution in [2.45, 2.75) is 51.2 Å². The Bertz CT molecular complexity index is 437. The second-order valence-electron chi connectivity index (χ2n) is 5.00. The first-order valence-electron chi connectivity index (χ1n) is 6.76. The summed E-state index contributed by atoms with van der Waals surface area (Å²) in [4.78, 5) is 8.02. The number of halogens is 1. The molecule has 0 radical (unpaired) electrons. The molecule has 2 rings (SSSR count). The third-order valence-corrected chi connectivity index (χ3v) is 4.26. The molecule has 1 aromatic rings. The molecule has 1 aliphatic rings. The van der Waals surface area contributed by atoms with Gasteiger partial charge in [-0.2, -0.15) is 0 Å². The maximum absolute atomic E-state index is 5.96. The van der Waals surface area contributed by atoms with Crippen LogP contribution in [0.5, 0.6) is 0 Å². The Morgan fingerprint density at radius 3 is 2.89 bits per heavy atom. The van der Waals surface area contributed by atoms with E-state index in [-0.39, 0.29) is 5.60 Å². The van der Waals surface area contributed by atoms with E-state index in [1.165, 1.54) is 6.33 Å².